The van der Waals surface area contributed by atoms with Gasteiger partial charge >= 0.3 is 0 Å². The van der Waals surface area contributed by atoms with E-state index in [0.29, 0.717) is 12.4 Å². The Kier molecular flexibility index (Phi) is 5.74. The molecule has 0 fully saturated rings. The maximum absolute atomic E-state index is 11.5. The van der Waals surface area contributed by atoms with Crippen LogP contribution in [0.4, 0.5) is 0 Å². The van der Waals surface area contributed by atoms with Crippen molar-refractivity contribution in [3.05, 3.63) is 40.6 Å². The molecule has 0 radical (unpaired) electrons. The number of hydrogen-bond acceptors (Lipinski definition) is 4. The molecule has 0 bridgehead atoms. The van der Waals surface area contributed by atoms with Gasteiger partial charge in [-0.05, 0) is 13.8 Å². The average molecular weight is 251 g/mol. The molecule has 0 amide bonds. The van der Waals surface area contributed by atoms with Crippen molar-refractivity contribution in [3.8, 4) is 0 Å². The van der Waals surface area contributed by atoms with Crippen LogP contribution in [0.3, 0.4) is 0 Å². The molecular weight excluding hydrogens is 230 g/mol. The van der Waals surface area contributed by atoms with Gasteiger partial charge in [-0.1, -0.05) is 6.08 Å². The van der Waals surface area contributed by atoms with Gasteiger partial charge in [0.05, 0.1) is 12.6 Å². The van der Waals surface area contributed by atoms with Crippen LogP contribution in [-0.2, 0) is 4.74 Å². The van der Waals surface area contributed by atoms with Crippen LogP contribution in [0.15, 0.2) is 23.5 Å². The number of hydrogen-bond donors (Lipinski definition) is 1. The second-order valence-corrected chi connectivity index (χ2v) is 4.22. The Morgan fingerprint density at radius 3 is 2.94 bits per heavy atom. The maximum atomic E-state index is 11.5. The van der Waals surface area contributed by atoms with Gasteiger partial charge in [-0.25, -0.2) is 4.98 Å². The van der Waals surface area contributed by atoms with Crippen molar-refractivity contribution in [2.45, 2.75) is 19.9 Å². The SMILES string of the molecule is C=CCN(CCOC)C(C)c1nc(C)cc(=O)[nH]1. The number of rotatable bonds is 7. The molecule has 18 heavy (non-hydrogen) atoms. The highest BCUT2D eigenvalue weighted by Crippen LogP contribution is 2.15. The zero-order chi connectivity index (χ0) is 13.5. The molecule has 1 atom stereocenters. The number of aryl methyl sites for hydroxylation is 1. The molecule has 5 nitrogen and oxygen atoms in total. The molecule has 1 heterocycles. The highest BCUT2D eigenvalue weighted by atomic mass is 16.5. The Labute approximate surface area is 108 Å². The normalized spacial score (nSPS) is 12.7. The van der Waals surface area contributed by atoms with Crippen molar-refractivity contribution in [2.24, 2.45) is 0 Å². The fourth-order valence-corrected chi connectivity index (χ4v) is 1.79. The Balaban J connectivity index is 2.89. The Morgan fingerprint density at radius 2 is 2.39 bits per heavy atom. The number of nitrogens with zero attached hydrogens (tertiary/aromatic N) is 2. The van der Waals surface area contributed by atoms with Crippen molar-refractivity contribution < 1.29 is 4.74 Å². The van der Waals surface area contributed by atoms with Crippen molar-refractivity contribution in [1.82, 2.24) is 14.9 Å². The van der Waals surface area contributed by atoms with E-state index in [-0.39, 0.29) is 11.6 Å². The molecule has 5 heteroatoms. The van der Waals surface area contributed by atoms with E-state index in [1.807, 2.05) is 19.9 Å². The van der Waals surface area contributed by atoms with Crippen molar-refractivity contribution >= 4 is 0 Å². The van der Waals surface area contributed by atoms with Crippen LogP contribution in [0.25, 0.3) is 0 Å². The first kappa shape index (κ1) is 14.6. The maximum Gasteiger partial charge on any atom is 0.251 e. The third kappa shape index (κ3) is 4.09. The van der Waals surface area contributed by atoms with Crippen LogP contribution in [0, 0.1) is 6.92 Å². The molecule has 1 N–H and O–H groups in total. The molecule has 0 aliphatic carbocycles. The van der Waals surface area contributed by atoms with Gasteiger partial charge in [0, 0.05) is 32.0 Å². The van der Waals surface area contributed by atoms with Crippen LogP contribution in [0.1, 0.15) is 24.5 Å². The number of H-pyrrole nitrogens is 1. The number of ether oxygens (including phenoxy) is 1. The number of nitrogens with one attached hydrogen (secondary N) is 1. The predicted molar refractivity (Wildman–Crippen MR) is 71.7 cm³/mol. The van der Waals surface area contributed by atoms with Gasteiger partial charge in [0.1, 0.15) is 5.82 Å². The Hall–Kier alpha value is -1.46. The van der Waals surface area contributed by atoms with Crippen LogP contribution in [-0.4, -0.2) is 41.7 Å². The third-order valence-electron chi connectivity index (χ3n) is 2.78. The van der Waals surface area contributed by atoms with Gasteiger partial charge in [0.25, 0.3) is 5.56 Å². The van der Waals surface area contributed by atoms with Crippen molar-refractivity contribution in [1.29, 1.82) is 0 Å². The highest BCUT2D eigenvalue weighted by molar-refractivity contribution is 5.03. The molecule has 0 saturated heterocycles. The molecule has 1 rings (SSSR count). The third-order valence-corrected chi connectivity index (χ3v) is 2.78. The van der Waals surface area contributed by atoms with E-state index in [1.54, 1.807) is 7.11 Å². The van der Waals surface area contributed by atoms with Crippen LogP contribution < -0.4 is 5.56 Å². The number of aromatic nitrogens is 2. The molecule has 1 unspecified atom stereocenters. The quantitative estimate of drug-likeness (QED) is 0.742. The summed E-state index contributed by atoms with van der Waals surface area (Å²) in [5.74, 6) is 0.679. The molecule has 0 aliphatic rings. The lowest BCUT2D eigenvalue weighted by molar-refractivity contribution is 0.131. The summed E-state index contributed by atoms with van der Waals surface area (Å²) in [5, 5.41) is 0. The molecule has 0 aromatic carbocycles. The highest BCUT2D eigenvalue weighted by Gasteiger charge is 2.16. The fourth-order valence-electron chi connectivity index (χ4n) is 1.79. The van der Waals surface area contributed by atoms with Crippen LogP contribution >= 0.6 is 0 Å². The minimum atomic E-state index is -0.116. The summed E-state index contributed by atoms with van der Waals surface area (Å²) in [5.41, 5.74) is 0.612. The van der Waals surface area contributed by atoms with Crippen LogP contribution in [0.5, 0.6) is 0 Å². The largest absolute Gasteiger partial charge is 0.383 e. The summed E-state index contributed by atoms with van der Waals surface area (Å²) in [4.78, 5) is 20.8. The van der Waals surface area contributed by atoms with E-state index in [1.165, 1.54) is 6.07 Å². The first-order chi connectivity index (χ1) is 8.58. The monoisotopic (exact) mass is 251 g/mol. The number of methoxy groups -OCH3 is 1. The van der Waals surface area contributed by atoms with E-state index in [0.717, 1.165) is 18.8 Å². The fraction of sp³-hybridized carbons (Fsp3) is 0.538. The predicted octanol–water partition coefficient (Wildman–Crippen LogP) is 1.27. The lowest BCUT2D eigenvalue weighted by Gasteiger charge is -2.26. The Morgan fingerprint density at radius 1 is 1.67 bits per heavy atom. The molecular formula is C13H21N3O2. The molecule has 0 saturated carbocycles. The van der Waals surface area contributed by atoms with Gasteiger partial charge in [-0.15, -0.1) is 6.58 Å². The van der Waals surface area contributed by atoms with Crippen molar-refractivity contribution in [2.75, 3.05) is 26.8 Å². The van der Waals surface area contributed by atoms with Crippen LogP contribution in [0.2, 0.25) is 0 Å². The second-order valence-electron chi connectivity index (χ2n) is 4.22. The topological polar surface area (TPSA) is 58.2 Å². The minimum absolute atomic E-state index is 0.0192. The summed E-state index contributed by atoms with van der Waals surface area (Å²) in [6.07, 6.45) is 1.83. The minimum Gasteiger partial charge on any atom is -0.383 e. The lowest BCUT2D eigenvalue weighted by atomic mass is 10.2. The zero-order valence-electron chi connectivity index (χ0n) is 11.3. The molecule has 0 spiro atoms. The van der Waals surface area contributed by atoms with E-state index >= 15 is 0 Å². The first-order valence-corrected chi connectivity index (χ1v) is 6.00. The van der Waals surface area contributed by atoms with Gasteiger partial charge in [0.15, 0.2) is 0 Å². The van der Waals surface area contributed by atoms with E-state index in [4.69, 9.17) is 4.74 Å². The summed E-state index contributed by atoms with van der Waals surface area (Å²) < 4.78 is 5.08. The summed E-state index contributed by atoms with van der Waals surface area (Å²) in [6, 6.07) is 1.51. The lowest BCUT2D eigenvalue weighted by Crippen LogP contribution is -2.32. The smallest absolute Gasteiger partial charge is 0.251 e. The summed E-state index contributed by atoms with van der Waals surface area (Å²) >= 11 is 0. The van der Waals surface area contributed by atoms with Crippen molar-refractivity contribution in [3.63, 3.8) is 0 Å². The molecule has 1 aromatic rings. The first-order valence-electron chi connectivity index (χ1n) is 6.00. The second kappa shape index (κ2) is 7.08. The zero-order valence-corrected chi connectivity index (χ0v) is 11.3. The van der Waals surface area contributed by atoms with E-state index < -0.39 is 0 Å². The average Bonchev–Trinajstić information content (AvgIpc) is 2.32. The van der Waals surface area contributed by atoms with Gasteiger partial charge in [-0.3, -0.25) is 9.69 Å². The van der Waals surface area contributed by atoms with E-state index in [2.05, 4.69) is 21.4 Å². The van der Waals surface area contributed by atoms with Gasteiger partial charge in [0.2, 0.25) is 0 Å². The summed E-state index contributed by atoms with van der Waals surface area (Å²) in [7, 11) is 1.67. The molecule has 100 valence electrons. The summed E-state index contributed by atoms with van der Waals surface area (Å²) in [6.45, 7) is 9.70. The Bertz CT molecular complexity index is 442. The van der Waals surface area contributed by atoms with Gasteiger partial charge < -0.3 is 9.72 Å². The van der Waals surface area contributed by atoms with Gasteiger partial charge in [-0.2, -0.15) is 0 Å². The molecule has 0 aliphatic heterocycles. The standard InChI is InChI=1S/C13H21N3O2/c1-5-6-16(7-8-18-4)11(3)13-14-10(2)9-12(17)15-13/h5,9,11H,1,6-8H2,2-4H3,(H,14,15,17). The number of aromatic amines is 1. The van der Waals surface area contributed by atoms with E-state index in [9.17, 15) is 4.79 Å². The molecule has 1 aromatic heterocycles.